The van der Waals surface area contributed by atoms with Crippen LogP contribution in [-0.4, -0.2) is 15.3 Å². The van der Waals surface area contributed by atoms with Crippen LogP contribution in [0.15, 0.2) is 40.3 Å². The molecule has 4 rings (SSSR count). The van der Waals surface area contributed by atoms with E-state index in [1.54, 1.807) is 23.1 Å². The van der Waals surface area contributed by atoms with Gasteiger partial charge in [-0.2, -0.15) is 0 Å². The lowest BCUT2D eigenvalue weighted by Gasteiger charge is -2.17. The molecule has 3 nitrogen and oxygen atoms in total. The van der Waals surface area contributed by atoms with E-state index in [1.165, 1.54) is 10.4 Å². The number of aromatic nitrogens is 2. The van der Waals surface area contributed by atoms with Crippen molar-refractivity contribution in [2.75, 3.05) is 5.75 Å². The van der Waals surface area contributed by atoms with E-state index < -0.39 is 0 Å². The summed E-state index contributed by atoms with van der Waals surface area (Å²) in [6.07, 6.45) is 4.31. The zero-order chi connectivity index (χ0) is 17.4. The Kier molecular flexibility index (Phi) is 4.69. The van der Waals surface area contributed by atoms with Crippen LogP contribution in [0, 0.1) is 5.92 Å². The first kappa shape index (κ1) is 16.9. The second kappa shape index (κ2) is 6.96. The minimum Gasteiger partial charge on any atom is -0.268 e. The van der Waals surface area contributed by atoms with Crippen molar-refractivity contribution < 1.29 is 0 Å². The molecule has 1 unspecified atom stereocenters. The Bertz CT molecular complexity index is 959. The first-order chi connectivity index (χ1) is 12.2. The fraction of sp³-hybridized carbons (Fsp3) is 0.400. The molecule has 2 heterocycles. The van der Waals surface area contributed by atoms with Crippen molar-refractivity contribution in [2.45, 2.75) is 44.7 Å². The molecule has 3 aromatic rings. The highest BCUT2D eigenvalue weighted by Gasteiger charge is 2.25. The van der Waals surface area contributed by atoms with Gasteiger partial charge < -0.3 is 0 Å². The number of hydrogen-bond acceptors (Lipinski definition) is 4. The fourth-order valence-electron chi connectivity index (χ4n) is 3.47. The first-order valence-corrected chi connectivity index (χ1v) is 10.7. The van der Waals surface area contributed by atoms with Crippen molar-refractivity contribution in [3.8, 4) is 5.69 Å². The van der Waals surface area contributed by atoms with E-state index >= 15 is 0 Å². The highest BCUT2D eigenvalue weighted by molar-refractivity contribution is 7.99. The highest BCUT2D eigenvalue weighted by Crippen LogP contribution is 2.37. The Morgan fingerprint density at radius 3 is 2.88 bits per heavy atom. The number of thioether (sulfide) groups is 1. The molecule has 0 bridgehead atoms. The van der Waals surface area contributed by atoms with Crippen molar-refractivity contribution in [3.63, 3.8) is 0 Å². The summed E-state index contributed by atoms with van der Waals surface area (Å²) >= 11 is 3.41. The number of aryl methyl sites for hydroxylation is 1. The third-order valence-corrected chi connectivity index (χ3v) is 7.04. The van der Waals surface area contributed by atoms with Gasteiger partial charge in [-0.3, -0.25) is 9.36 Å². The van der Waals surface area contributed by atoms with Gasteiger partial charge in [-0.25, -0.2) is 4.98 Å². The van der Waals surface area contributed by atoms with E-state index in [0.29, 0.717) is 5.92 Å². The molecule has 1 aliphatic carbocycles. The molecule has 0 saturated carbocycles. The molecule has 130 valence electrons. The van der Waals surface area contributed by atoms with Gasteiger partial charge in [-0.15, -0.1) is 11.3 Å². The molecule has 0 N–H and O–H groups in total. The maximum Gasteiger partial charge on any atom is 0.267 e. The quantitative estimate of drug-likeness (QED) is 0.475. The van der Waals surface area contributed by atoms with Crippen molar-refractivity contribution in [1.29, 1.82) is 0 Å². The van der Waals surface area contributed by atoms with Crippen molar-refractivity contribution in [2.24, 2.45) is 5.92 Å². The van der Waals surface area contributed by atoms with Gasteiger partial charge in [0.25, 0.3) is 5.56 Å². The number of rotatable bonds is 4. The van der Waals surface area contributed by atoms with Gasteiger partial charge in [-0.1, -0.05) is 43.8 Å². The average Bonchev–Trinajstić information content (AvgIpc) is 2.98. The molecule has 0 amide bonds. The van der Waals surface area contributed by atoms with Gasteiger partial charge in [0, 0.05) is 10.6 Å². The Labute approximate surface area is 156 Å². The summed E-state index contributed by atoms with van der Waals surface area (Å²) in [5.41, 5.74) is 2.26. The van der Waals surface area contributed by atoms with Gasteiger partial charge >= 0.3 is 0 Å². The van der Waals surface area contributed by atoms with E-state index in [2.05, 4.69) is 13.8 Å². The van der Waals surface area contributed by atoms with Crippen LogP contribution in [0.5, 0.6) is 0 Å². The van der Waals surface area contributed by atoms with Gasteiger partial charge in [-0.05, 0) is 49.3 Å². The van der Waals surface area contributed by atoms with Crippen LogP contribution in [0.3, 0.4) is 0 Å². The third kappa shape index (κ3) is 3.04. The number of para-hydroxylation sites is 1. The van der Waals surface area contributed by atoms with E-state index in [0.717, 1.165) is 52.5 Å². The Balaban J connectivity index is 1.98. The summed E-state index contributed by atoms with van der Waals surface area (Å²) < 4.78 is 1.81. The predicted octanol–water partition coefficient (Wildman–Crippen LogP) is 5.07. The lowest BCUT2D eigenvalue weighted by molar-refractivity contribution is 0.509. The van der Waals surface area contributed by atoms with Crippen molar-refractivity contribution in [3.05, 3.63) is 51.1 Å². The molecule has 0 fully saturated rings. The smallest absolute Gasteiger partial charge is 0.267 e. The van der Waals surface area contributed by atoms with Crippen LogP contribution in [0.25, 0.3) is 15.9 Å². The molecule has 1 aliphatic rings. The third-order valence-electron chi connectivity index (χ3n) is 4.75. The molecule has 0 spiro atoms. The molecule has 0 radical (unpaired) electrons. The molecular weight excluding hydrogens is 348 g/mol. The van der Waals surface area contributed by atoms with E-state index in [9.17, 15) is 4.79 Å². The fourth-order valence-corrected chi connectivity index (χ4v) is 5.76. The monoisotopic (exact) mass is 370 g/mol. The lowest BCUT2D eigenvalue weighted by atomic mass is 9.89. The van der Waals surface area contributed by atoms with Gasteiger partial charge in [0.1, 0.15) is 4.83 Å². The van der Waals surface area contributed by atoms with Crippen LogP contribution in [0.1, 0.15) is 37.1 Å². The van der Waals surface area contributed by atoms with Gasteiger partial charge in [0.05, 0.1) is 11.1 Å². The SMILES string of the molecule is CCCSc1nc2sc3c(c2c(=O)n1-c1ccccc1)CCC(C)C3. The molecular formula is C20H22N2OS2. The molecule has 0 saturated heterocycles. The molecule has 2 aromatic heterocycles. The summed E-state index contributed by atoms with van der Waals surface area (Å²) in [5.74, 6) is 1.67. The maximum atomic E-state index is 13.4. The minimum absolute atomic E-state index is 0.0989. The molecule has 0 aliphatic heterocycles. The summed E-state index contributed by atoms with van der Waals surface area (Å²) in [6.45, 7) is 4.45. The largest absolute Gasteiger partial charge is 0.268 e. The molecule has 1 atom stereocenters. The Morgan fingerprint density at radius 2 is 2.12 bits per heavy atom. The Hall–Kier alpha value is -1.59. The topological polar surface area (TPSA) is 34.9 Å². The van der Waals surface area contributed by atoms with Crippen molar-refractivity contribution >= 4 is 33.3 Å². The van der Waals surface area contributed by atoms with E-state index in [1.807, 2.05) is 34.9 Å². The normalized spacial score (nSPS) is 17.0. The summed E-state index contributed by atoms with van der Waals surface area (Å²) in [7, 11) is 0. The standard InChI is InChI=1S/C20H22N2OS2/c1-3-11-24-20-21-18-17(15-10-9-13(2)12-16(15)25-18)19(23)22(20)14-7-5-4-6-8-14/h4-8,13H,3,9-12H2,1-2H3. The second-order valence-corrected chi connectivity index (χ2v) is 8.90. The maximum absolute atomic E-state index is 13.4. The zero-order valence-corrected chi connectivity index (χ0v) is 16.3. The molecule has 25 heavy (non-hydrogen) atoms. The van der Waals surface area contributed by atoms with Crippen LogP contribution in [-0.2, 0) is 12.8 Å². The van der Waals surface area contributed by atoms with Crippen molar-refractivity contribution in [1.82, 2.24) is 9.55 Å². The van der Waals surface area contributed by atoms with Crippen LogP contribution in [0.4, 0.5) is 0 Å². The van der Waals surface area contributed by atoms with Gasteiger partial charge in [0.2, 0.25) is 0 Å². The predicted molar refractivity (Wildman–Crippen MR) is 107 cm³/mol. The highest BCUT2D eigenvalue weighted by atomic mass is 32.2. The number of hydrogen-bond donors (Lipinski definition) is 0. The van der Waals surface area contributed by atoms with E-state index in [-0.39, 0.29) is 5.56 Å². The van der Waals surface area contributed by atoms with Crippen LogP contribution >= 0.6 is 23.1 Å². The number of nitrogens with zero attached hydrogens (tertiary/aromatic N) is 2. The average molecular weight is 371 g/mol. The number of thiophene rings is 1. The van der Waals surface area contributed by atoms with E-state index in [4.69, 9.17) is 4.98 Å². The minimum atomic E-state index is 0.0989. The molecule has 5 heteroatoms. The number of benzene rings is 1. The van der Waals surface area contributed by atoms with Gasteiger partial charge in [0.15, 0.2) is 5.16 Å². The second-order valence-electron chi connectivity index (χ2n) is 6.75. The van der Waals surface area contributed by atoms with Crippen LogP contribution in [0.2, 0.25) is 0 Å². The lowest BCUT2D eigenvalue weighted by Crippen LogP contribution is -2.22. The first-order valence-electron chi connectivity index (χ1n) is 8.94. The summed E-state index contributed by atoms with van der Waals surface area (Å²) in [6, 6.07) is 9.92. The Morgan fingerprint density at radius 1 is 1.32 bits per heavy atom. The number of fused-ring (bicyclic) bond motifs is 3. The zero-order valence-electron chi connectivity index (χ0n) is 14.6. The summed E-state index contributed by atoms with van der Waals surface area (Å²) in [5, 5.41) is 1.67. The van der Waals surface area contributed by atoms with Crippen LogP contribution < -0.4 is 5.56 Å². The molecule has 1 aromatic carbocycles. The summed E-state index contributed by atoms with van der Waals surface area (Å²) in [4.78, 5) is 20.7.